The molecule has 0 radical (unpaired) electrons. The van der Waals surface area contributed by atoms with Gasteiger partial charge in [0, 0.05) is 19.3 Å². The van der Waals surface area contributed by atoms with Crippen LogP contribution in [-0.4, -0.2) is 25.8 Å². The molecule has 1 fully saturated rings. The van der Waals surface area contributed by atoms with Crippen LogP contribution in [0.15, 0.2) is 0 Å². The molecule has 0 spiro atoms. The summed E-state index contributed by atoms with van der Waals surface area (Å²) in [5.41, 5.74) is 0.419. The first kappa shape index (κ1) is 13.0. The van der Waals surface area contributed by atoms with Gasteiger partial charge >= 0.3 is 0 Å². The van der Waals surface area contributed by atoms with E-state index in [0.717, 1.165) is 25.7 Å². The fraction of sp³-hybridized carbons (Fsp3) is 1.00. The average molecular weight is 213 g/mol. The summed E-state index contributed by atoms with van der Waals surface area (Å²) in [5, 5.41) is 3.50. The zero-order valence-electron chi connectivity index (χ0n) is 10.8. The SMILES string of the molecule is CC(C)NCCC(C)(C)C1CCCOC1. The van der Waals surface area contributed by atoms with E-state index in [2.05, 4.69) is 33.0 Å². The third-order valence-corrected chi connectivity index (χ3v) is 3.59. The molecular weight excluding hydrogens is 186 g/mol. The highest BCUT2D eigenvalue weighted by Gasteiger charge is 2.30. The molecule has 0 saturated carbocycles. The summed E-state index contributed by atoms with van der Waals surface area (Å²) in [6.45, 7) is 12.2. The van der Waals surface area contributed by atoms with Crippen LogP contribution in [-0.2, 0) is 4.74 Å². The maximum Gasteiger partial charge on any atom is 0.0499 e. The lowest BCUT2D eigenvalue weighted by Crippen LogP contribution is -2.35. The molecule has 15 heavy (non-hydrogen) atoms. The fourth-order valence-electron chi connectivity index (χ4n) is 2.24. The van der Waals surface area contributed by atoms with E-state index < -0.39 is 0 Å². The van der Waals surface area contributed by atoms with Gasteiger partial charge in [-0.3, -0.25) is 0 Å². The van der Waals surface area contributed by atoms with E-state index in [9.17, 15) is 0 Å². The fourth-order valence-corrected chi connectivity index (χ4v) is 2.24. The monoisotopic (exact) mass is 213 g/mol. The number of hydrogen-bond donors (Lipinski definition) is 1. The van der Waals surface area contributed by atoms with Gasteiger partial charge in [0.15, 0.2) is 0 Å². The van der Waals surface area contributed by atoms with Crippen LogP contribution in [0.3, 0.4) is 0 Å². The van der Waals surface area contributed by atoms with Gasteiger partial charge < -0.3 is 10.1 Å². The Morgan fingerprint density at radius 3 is 2.67 bits per heavy atom. The third kappa shape index (κ3) is 4.52. The van der Waals surface area contributed by atoms with Crippen molar-refractivity contribution in [2.45, 2.75) is 53.0 Å². The van der Waals surface area contributed by atoms with Crippen molar-refractivity contribution in [3.8, 4) is 0 Å². The van der Waals surface area contributed by atoms with Gasteiger partial charge in [0.25, 0.3) is 0 Å². The molecule has 1 aliphatic heterocycles. The molecule has 0 aromatic heterocycles. The molecule has 0 aliphatic carbocycles. The van der Waals surface area contributed by atoms with Crippen molar-refractivity contribution in [3.05, 3.63) is 0 Å². The van der Waals surface area contributed by atoms with Crippen LogP contribution in [0.2, 0.25) is 0 Å². The van der Waals surface area contributed by atoms with Crippen LogP contribution in [0.5, 0.6) is 0 Å². The molecule has 2 nitrogen and oxygen atoms in total. The van der Waals surface area contributed by atoms with Gasteiger partial charge in [0.1, 0.15) is 0 Å². The first-order valence-corrected chi connectivity index (χ1v) is 6.33. The highest BCUT2D eigenvalue weighted by molar-refractivity contribution is 4.81. The Labute approximate surface area is 94.8 Å². The topological polar surface area (TPSA) is 21.3 Å². The molecule has 90 valence electrons. The van der Waals surface area contributed by atoms with Gasteiger partial charge in [-0.1, -0.05) is 27.7 Å². The Balaban J connectivity index is 2.29. The number of rotatable bonds is 5. The summed E-state index contributed by atoms with van der Waals surface area (Å²) in [4.78, 5) is 0. The highest BCUT2D eigenvalue weighted by Crippen LogP contribution is 2.35. The summed E-state index contributed by atoms with van der Waals surface area (Å²) in [6, 6.07) is 0.600. The van der Waals surface area contributed by atoms with E-state index in [1.807, 2.05) is 0 Å². The molecule has 2 heteroatoms. The second kappa shape index (κ2) is 5.86. The maximum absolute atomic E-state index is 5.58. The van der Waals surface area contributed by atoms with Gasteiger partial charge in [0.05, 0.1) is 0 Å². The molecule has 0 aromatic rings. The van der Waals surface area contributed by atoms with Gasteiger partial charge in [-0.25, -0.2) is 0 Å². The Hall–Kier alpha value is -0.0800. The molecule has 1 unspecified atom stereocenters. The molecule has 1 saturated heterocycles. The molecule has 1 N–H and O–H groups in total. The van der Waals surface area contributed by atoms with E-state index in [0.29, 0.717) is 11.5 Å². The number of ether oxygens (including phenoxy) is 1. The molecule has 0 bridgehead atoms. The predicted octanol–water partition coefficient (Wildman–Crippen LogP) is 2.83. The van der Waals surface area contributed by atoms with E-state index in [1.54, 1.807) is 0 Å². The Bertz CT molecular complexity index is 171. The maximum atomic E-state index is 5.58. The summed E-state index contributed by atoms with van der Waals surface area (Å²) < 4.78 is 5.58. The van der Waals surface area contributed by atoms with Crippen LogP contribution in [0, 0.1) is 11.3 Å². The second-order valence-electron chi connectivity index (χ2n) is 5.76. The summed E-state index contributed by atoms with van der Waals surface area (Å²) >= 11 is 0. The van der Waals surface area contributed by atoms with E-state index >= 15 is 0 Å². The molecular formula is C13H27NO. The van der Waals surface area contributed by atoms with E-state index in [-0.39, 0.29) is 0 Å². The van der Waals surface area contributed by atoms with Crippen LogP contribution in [0.1, 0.15) is 47.0 Å². The Kier molecular flexibility index (Phi) is 5.07. The second-order valence-corrected chi connectivity index (χ2v) is 5.76. The van der Waals surface area contributed by atoms with Crippen LogP contribution in [0.25, 0.3) is 0 Å². The number of hydrogen-bond acceptors (Lipinski definition) is 2. The number of nitrogens with one attached hydrogen (secondary N) is 1. The van der Waals surface area contributed by atoms with Gasteiger partial charge in [-0.2, -0.15) is 0 Å². The first-order chi connectivity index (χ1) is 7.02. The van der Waals surface area contributed by atoms with E-state index in [4.69, 9.17) is 4.74 Å². The molecule has 1 aliphatic rings. The summed E-state index contributed by atoms with van der Waals surface area (Å²) in [7, 11) is 0. The Morgan fingerprint density at radius 1 is 1.40 bits per heavy atom. The largest absolute Gasteiger partial charge is 0.381 e. The predicted molar refractivity (Wildman–Crippen MR) is 65.1 cm³/mol. The van der Waals surface area contributed by atoms with Crippen molar-refractivity contribution in [3.63, 3.8) is 0 Å². The van der Waals surface area contributed by atoms with Crippen molar-refractivity contribution in [2.24, 2.45) is 11.3 Å². The Morgan fingerprint density at radius 2 is 2.13 bits per heavy atom. The van der Waals surface area contributed by atoms with Gasteiger partial charge in [-0.15, -0.1) is 0 Å². The van der Waals surface area contributed by atoms with Crippen LogP contribution in [0.4, 0.5) is 0 Å². The average Bonchev–Trinajstić information content (AvgIpc) is 2.18. The molecule has 1 atom stereocenters. The minimum atomic E-state index is 0.419. The lowest BCUT2D eigenvalue weighted by molar-refractivity contribution is 0.000896. The lowest BCUT2D eigenvalue weighted by Gasteiger charge is -2.37. The van der Waals surface area contributed by atoms with Crippen molar-refractivity contribution >= 4 is 0 Å². The minimum absolute atomic E-state index is 0.419. The third-order valence-electron chi connectivity index (χ3n) is 3.59. The van der Waals surface area contributed by atoms with Gasteiger partial charge in [-0.05, 0) is 37.1 Å². The van der Waals surface area contributed by atoms with Crippen molar-refractivity contribution in [1.82, 2.24) is 5.32 Å². The molecule has 0 aromatic carbocycles. The first-order valence-electron chi connectivity index (χ1n) is 6.33. The minimum Gasteiger partial charge on any atom is -0.381 e. The normalized spacial score (nSPS) is 23.4. The van der Waals surface area contributed by atoms with Crippen LogP contribution >= 0.6 is 0 Å². The zero-order chi connectivity index (χ0) is 11.3. The molecule has 1 rings (SSSR count). The summed E-state index contributed by atoms with van der Waals surface area (Å²) in [6.07, 6.45) is 3.83. The summed E-state index contributed by atoms with van der Waals surface area (Å²) in [5.74, 6) is 0.750. The van der Waals surface area contributed by atoms with Crippen LogP contribution < -0.4 is 5.32 Å². The van der Waals surface area contributed by atoms with Gasteiger partial charge in [0.2, 0.25) is 0 Å². The quantitative estimate of drug-likeness (QED) is 0.758. The lowest BCUT2D eigenvalue weighted by atomic mass is 9.74. The van der Waals surface area contributed by atoms with Crippen molar-refractivity contribution in [1.29, 1.82) is 0 Å². The zero-order valence-corrected chi connectivity index (χ0v) is 10.8. The van der Waals surface area contributed by atoms with E-state index in [1.165, 1.54) is 19.3 Å². The molecule has 0 amide bonds. The standard InChI is InChI=1S/C13H27NO/c1-11(2)14-8-7-13(3,4)12-6-5-9-15-10-12/h11-12,14H,5-10H2,1-4H3. The highest BCUT2D eigenvalue weighted by atomic mass is 16.5. The molecule has 1 heterocycles. The van der Waals surface area contributed by atoms with Crippen molar-refractivity contribution in [2.75, 3.05) is 19.8 Å². The smallest absolute Gasteiger partial charge is 0.0499 e. The van der Waals surface area contributed by atoms with Crippen molar-refractivity contribution < 1.29 is 4.74 Å².